The molecule has 2 heterocycles. The summed E-state index contributed by atoms with van der Waals surface area (Å²) in [7, 11) is 0. The number of nitrogens with zero attached hydrogens (tertiary/aromatic N) is 1. The topological polar surface area (TPSA) is 94.5 Å². The summed E-state index contributed by atoms with van der Waals surface area (Å²) in [5.74, 6) is -1.10. The summed E-state index contributed by atoms with van der Waals surface area (Å²) < 4.78 is 20.6. The first kappa shape index (κ1) is 16.2. The Bertz CT molecular complexity index is 525. The molecule has 2 N–H and O–H groups in total. The fourth-order valence-corrected chi connectivity index (χ4v) is 4.14. The van der Waals surface area contributed by atoms with Crippen LogP contribution in [0.1, 0.15) is 36.1 Å². The van der Waals surface area contributed by atoms with E-state index in [-0.39, 0.29) is 18.9 Å². The highest BCUT2D eigenvalue weighted by Gasteiger charge is 2.50. The molecule has 0 bridgehead atoms. The lowest BCUT2D eigenvalue weighted by Gasteiger charge is -2.42. The number of rotatable bonds is 4. The van der Waals surface area contributed by atoms with Gasteiger partial charge in [0.1, 0.15) is 10.3 Å². The predicted octanol–water partition coefficient (Wildman–Crippen LogP) is 1.88. The van der Waals surface area contributed by atoms with Gasteiger partial charge in [0, 0.05) is 11.4 Å². The highest BCUT2D eigenvalue weighted by atomic mass is 79.9. The summed E-state index contributed by atoms with van der Waals surface area (Å²) in [6.07, 6.45) is 0. The molecular formula is C11H15BrN2O4S2. The van der Waals surface area contributed by atoms with Crippen molar-refractivity contribution in [3.05, 3.63) is 14.5 Å². The van der Waals surface area contributed by atoms with Crippen molar-refractivity contribution in [2.45, 2.75) is 31.1 Å². The van der Waals surface area contributed by atoms with E-state index in [1.807, 2.05) is 20.8 Å². The molecule has 9 heteroatoms. The number of halogens is 1. The van der Waals surface area contributed by atoms with E-state index in [2.05, 4.69) is 25.6 Å². The molecule has 0 amide bonds. The summed E-state index contributed by atoms with van der Waals surface area (Å²) >= 11 is 3.10. The standard InChI is InChI=1S/C11H15BrN2O4S2/c1-10(2,3)20(17)14-11(4-18-5-11)7-6(8(15)16)13-9(12)19-7/h14H,4-5H2,1-3H3,(H,15,16). The van der Waals surface area contributed by atoms with Crippen LogP contribution in [0.15, 0.2) is 3.92 Å². The zero-order chi connectivity index (χ0) is 15.1. The van der Waals surface area contributed by atoms with Gasteiger partial charge in [-0.2, -0.15) is 0 Å². The Labute approximate surface area is 132 Å². The van der Waals surface area contributed by atoms with Gasteiger partial charge in [-0.1, -0.05) is 0 Å². The molecule has 1 unspecified atom stereocenters. The molecular weight excluding hydrogens is 368 g/mol. The Kier molecular flexibility index (Phi) is 4.49. The minimum Gasteiger partial charge on any atom is -0.598 e. The Morgan fingerprint density at radius 1 is 1.60 bits per heavy atom. The number of aromatic nitrogens is 1. The number of carboxylic acids is 1. The highest BCUT2D eigenvalue weighted by Crippen LogP contribution is 2.39. The van der Waals surface area contributed by atoms with Crippen molar-refractivity contribution >= 4 is 44.6 Å². The third-order valence-corrected chi connectivity index (χ3v) is 6.18. The number of carboxylic acid groups (broad SMARTS) is 1. The summed E-state index contributed by atoms with van der Waals surface area (Å²) in [4.78, 5) is 15.8. The maximum Gasteiger partial charge on any atom is 0.355 e. The normalized spacial score (nSPS) is 19.4. The molecule has 112 valence electrons. The number of thiazole rings is 1. The molecule has 0 aromatic carbocycles. The SMILES string of the molecule is CC(C)(C)[S+]([O-])NC1(c2sc(Br)nc2C(=O)O)COC1. The molecule has 0 spiro atoms. The second kappa shape index (κ2) is 5.54. The van der Waals surface area contributed by atoms with Gasteiger partial charge in [0.2, 0.25) is 0 Å². The molecule has 1 fully saturated rings. The van der Waals surface area contributed by atoms with E-state index < -0.39 is 27.6 Å². The fraction of sp³-hybridized carbons (Fsp3) is 0.636. The van der Waals surface area contributed by atoms with Gasteiger partial charge < -0.3 is 14.4 Å². The second-order valence-electron chi connectivity index (χ2n) is 5.51. The summed E-state index contributed by atoms with van der Waals surface area (Å²) in [6, 6.07) is 0. The lowest BCUT2D eigenvalue weighted by molar-refractivity contribution is -0.0652. The van der Waals surface area contributed by atoms with Crippen molar-refractivity contribution in [2.75, 3.05) is 13.2 Å². The van der Waals surface area contributed by atoms with Crippen LogP contribution >= 0.6 is 27.3 Å². The zero-order valence-corrected chi connectivity index (χ0v) is 14.4. The molecule has 1 aromatic rings. The quantitative estimate of drug-likeness (QED) is 0.771. The van der Waals surface area contributed by atoms with Crippen molar-refractivity contribution in [3.8, 4) is 0 Å². The van der Waals surface area contributed by atoms with Crippen LogP contribution in [0.4, 0.5) is 0 Å². The van der Waals surface area contributed by atoms with Crippen LogP contribution in [0.2, 0.25) is 0 Å². The molecule has 2 rings (SSSR count). The van der Waals surface area contributed by atoms with Gasteiger partial charge in [-0.25, -0.2) is 9.78 Å². The first-order valence-corrected chi connectivity index (χ1v) is 8.59. The fourth-order valence-electron chi connectivity index (χ4n) is 1.64. The second-order valence-corrected chi connectivity index (χ2v) is 9.75. The van der Waals surface area contributed by atoms with Gasteiger partial charge >= 0.3 is 5.97 Å². The van der Waals surface area contributed by atoms with Crippen LogP contribution in [-0.4, -0.2) is 38.6 Å². The average Bonchev–Trinajstić information content (AvgIpc) is 2.64. The van der Waals surface area contributed by atoms with Gasteiger partial charge in [-0.05, 0) is 36.7 Å². The van der Waals surface area contributed by atoms with E-state index in [1.165, 1.54) is 11.3 Å². The number of hydrogen-bond donors (Lipinski definition) is 2. The number of ether oxygens (including phenoxy) is 1. The average molecular weight is 383 g/mol. The van der Waals surface area contributed by atoms with Crippen LogP contribution in [0.5, 0.6) is 0 Å². The third kappa shape index (κ3) is 3.02. The monoisotopic (exact) mass is 382 g/mol. The Hall–Kier alpha value is -0.190. The van der Waals surface area contributed by atoms with E-state index in [9.17, 15) is 14.5 Å². The van der Waals surface area contributed by atoms with Crippen LogP contribution in [-0.2, 0) is 21.6 Å². The van der Waals surface area contributed by atoms with Crippen molar-refractivity contribution in [3.63, 3.8) is 0 Å². The molecule has 1 aromatic heterocycles. The molecule has 20 heavy (non-hydrogen) atoms. The van der Waals surface area contributed by atoms with Crippen LogP contribution < -0.4 is 4.72 Å². The van der Waals surface area contributed by atoms with Gasteiger partial charge in [0.05, 0.1) is 18.1 Å². The maximum absolute atomic E-state index is 12.3. The van der Waals surface area contributed by atoms with Crippen molar-refractivity contribution in [1.82, 2.24) is 9.71 Å². The lowest BCUT2D eigenvalue weighted by Crippen LogP contribution is -2.61. The molecule has 1 aliphatic rings. The predicted molar refractivity (Wildman–Crippen MR) is 80.3 cm³/mol. The first-order chi connectivity index (χ1) is 9.16. The van der Waals surface area contributed by atoms with E-state index in [0.29, 0.717) is 8.79 Å². The van der Waals surface area contributed by atoms with Gasteiger partial charge in [-0.3, -0.25) is 0 Å². The molecule has 6 nitrogen and oxygen atoms in total. The lowest BCUT2D eigenvalue weighted by atomic mass is 9.95. The van der Waals surface area contributed by atoms with Gasteiger partial charge in [0.15, 0.2) is 9.61 Å². The van der Waals surface area contributed by atoms with E-state index in [0.717, 1.165) is 0 Å². The number of hydrogen-bond acceptors (Lipinski definition) is 6. The Balaban J connectivity index is 2.35. The summed E-state index contributed by atoms with van der Waals surface area (Å²) in [6.45, 7) is 6.12. The Morgan fingerprint density at radius 2 is 2.20 bits per heavy atom. The minimum absolute atomic E-state index is 0.0245. The molecule has 1 saturated heterocycles. The summed E-state index contributed by atoms with van der Waals surface area (Å²) in [5.41, 5.74) is -0.765. The smallest absolute Gasteiger partial charge is 0.355 e. The zero-order valence-electron chi connectivity index (χ0n) is 11.2. The van der Waals surface area contributed by atoms with E-state index in [4.69, 9.17) is 4.74 Å². The number of nitrogens with one attached hydrogen (secondary N) is 1. The first-order valence-electron chi connectivity index (χ1n) is 5.83. The maximum atomic E-state index is 12.3. The largest absolute Gasteiger partial charge is 0.598 e. The van der Waals surface area contributed by atoms with E-state index >= 15 is 0 Å². The van der Waals surface area contributed by atoms with Crippen LogP contribution in [0.25, 0.3) is 0 Å². The minimum atomic E-state index is -1.33. The number of carbonyl (C=O) groups is 1. The molecule has 1 atom stereocenters. The number of aromatic carboxylic acids is 1. The highest BCUT2D eigenvalue weighted by molar-refractivity contribution is 9.11. The molecule has 0 saturated carbocycles. The van der Waals surface area contributed by atoms with E-state index in [1.54, 1.807) is 0 Å². The Morgan fingerprint density at radius 3 is 2.60 bits per heavy atom. The van der Waals surface area contributed by atoms with Gasteiger partial charge in [0.25, 0.3) is 0 Å². The van der Waals surface area contributed by atoms with Gasteiger partial charge in [-0.15, -0.1) is 16.1 Å². The van der Waals surface area contributed by atoms with Crippen molar-refractivity contribution in [1.29, 1.82) is 0 Å². The van der Waals surface area contributed by atoms with Crippen LogP contribution in [0.3, 0.4) is 0 Å². The third-order valence-electron chi connectivity index (χ3n) is 2.78. The van der Waals surface area contributed by atoms with Crippen molar-refractivity contribution in [2.24, 2.45) is 0 Å². The summed E-state index contributed by atoms with van der Waals surface area (Å²) in [5, 5.41) is 9.23. The molecule has 0 radical (unpaired) electrons. The van der Waals surface area contributed by atoms with Crippen molar-refractivity contribution < 1.29 is 19.2 Å². The molecule has 0 aliphatic carbocycles. The molecule has 1 aliphatic heterocycles. The van der Waals surface area contributed by atoms with Crippen LogP contribution in [0, 0.1) is 0 Å².